The molecule has 0 bridgehead atoms. The van der Waals surface area contributed by atoms with Gasteiger partial charge in [0.2, 0.25) is 29.3 Å². The molecule has 1 heterocycles. The number of fused-ring (bicyclic) bond motifs is 3. The molecule has 38 heavy (non-hydrogen) atoms. The summed E-state index contributed by atoms with van der Waals surface area (Å²) in [4.78, 5) is 27.2. The molecule has 0 spiro atoms. The number of ketones is 2. The van der Waals surface area contributed by atoms with Gasteiger partial charge in [-0.25, -0.2) is 9.13 Å². The molecule has 4 nitrogen and oxygen atoms in total. The summed E-state index contributed by atoms with van der Waals surface area (Å²) in [5.41, 5.74) is 3.38. The molecule has 0 fully saturated rings. The zero-order valence-electron chi connectivity index (χ0n) is 22.6. The Balaban J connectivity index is 1.31. The fourth-order valence-electron chi connectivity index (χ4n) is 5.74. The molecule has 1 aliphatic rings. The Morgan fingerprint density at radius 2 is 1.32 bits per heavy atom. The molecule has 4 heteroatoms. The number of hydrogen-bond donors (Lipinski definition) is 0. The molecule has 0 unspecified atom stereocenters. The first-order valence-electron chi connectivity index (χ1n) is 14.5. The van der Waals surface area contributed by atoms with Gasteiger partial charge in [0.15, 0.2) is 0 Å². The van der Waals surface area contributed by atoms with Gasteiger partial charge in [-0.15, -0.1) is 0 Å². The van der Waals surface area contributed by atoms with Crippen molar-refractivity contribution in [2.75, 3.05) is 0 Å². The number of benzene rings is 3. The van der Waals surface area contributed by atoms with Crippen molar-refractivity contribution in [3.8, 4) is 0 Å². The van der Waals surface area contributed by atoms with Crippen LogP contribution in [0, 0.1) is 0 Å². The standard InChI is InChI=1S/C34H39N2O2/c1-2-3-4-5-6-7-8-9-14-22-35-25-36(23-21-26-19-20-27-15-10-11-16-28(27)24-26)32-31(35)33(37)29-17-12-13-18-30(29)34(32)38/h10-13,15-20,24-25H,2-9,14,21-23H2,1H3/q+1. The normalized spacial score (nSPS) is 12.7. The van der Waals surface area contributed by atoms with Crippen molar-refractivity contribution in [1.82, 2.24) is 4.57 Å². The van der Waals surface area contributed by atoms with E-state index >= 15 is 0 Å². The number of carbonyl (C=O) groups is 2. The number of carbonyl (C=O) groups excluding carboxylic acids is 2. The van der Waals surface area contributed by atoms with Crippen molar-refractivity contribution < 1.29 is 14.2 Å². The molecule has 0 saturated carbocycles. The van der Waals surface area contributed by atoms with E-state index < -0.39 is 0 Å². The molecule has 1 aromatic heterocycles. The average Bonchev–Trinajstić information content (AvgIpc) is 3.32. The number of aryl methyl sites for hydroxylation is 3. The van der Waals surface area contributed by atoms with Crippen molar-refractivity contribution in [3.63, 3.8) is 0 Å². The quantitative estimate of drug-likeness (QED) is 0.122. The van der Waals surface area contributed by atoms with E-state index in [1.54, 1.807) is 12.1 Å². The van der Waals surface area contributed by atoms with Crippen molar-refractivity contribution in [2.45, 2.75) is 84.2 Å². The smallest absolute Gasteiger partial charge is 0.244 e. The maximum Gasteiger partial charge on any atom is 0.244 e. The van der Waals surface area contributed by atoms with Gasteiger partial charge in [-0.3, -0.25) is 9.59 Å². The molecule has 0 N–H and O–H groups in total. The van der Waals surface area contributed by atoms with Crippen LogP contribution in [0.3, 0.4) is 0 Å². The van der Waals surface area contributed by atoms with Crippen LogP contribution < -0.4 is 4.57 Å². The number of unbranched alkanes of at least 4 members (excludes halogenated alkanes) is 8. The SMILES string of the molecule is CCCCCCCCCCC[n+]1cn(CCc2ccc3ccccc3c2)c2c1C(=O)c1ccccc1C2=O. The predicted molar refractivity (Wildman–Crippen MR) is 153 cm³/mol. The molecule has 5 rings (SSSR count). The summed E-state index contributed by atoms with van der Waals surface area (Å²) < 4.78 is 4.07. The maximum absolute atomic E-state index is 13.6. The average molecular weight is 508 g/mol. The third-order valence-corrected chi connectivity index (χ3v) is 7.88. The number of imidazole rings is 1. The lowest BCUT2D eigenvalue weighted by atomic mass is 9.90. The minimum atomic E-state index is -0.0421. The van der Waals surface area contributed by atoms with Gasteiger partial charge in [-0.1, -0.05) is 119 Å². The topological polar surface area (TPSA) is 43.0 Å². The van der Waals surface area contributed by atoms with Crippen molar-refractivity contribution in [3.05, 3.63) is 101 Å². The van der Waals surface area contributed by atoms with Gasteiger partial charge in [0.25, 0.3) is 0 Å². The maximum atomic E-state index is 13.6. The second-order valence-corrected chi connectivity index (χ2v) is 10.7. The first-order chi connectivity index (χ1) is 18.7. The van der Waals surface area contributed by atoms with Crippen molar-refractivity contribution in [1.29, 1.82) is 0 Å². The third kappa shape index (κ3) is 5.65. The highest BCUT2D eigenvalue weighted by molar-refractivity contribution is 6.26. The molecule has 0 aliphatic heterocycles. The van der Waals surface area contributed by atoms with Gasteiger partial charge < -0.3 is 0 Å². The van der Waals surface area contributed by atoms with Crippen LogP contribution in [0.2, 0.25) is 0 Å². The van der Waals surface area contributed by atoms with Crippen LogP contribution in [0.5, 0.6) is 0 Å². The van der Waals surface area contributed by atoms with E-state index in [2.05, 4.69) is 49.4 Å². The minimum Gasteiger partial charge on any atom is -0.284 e. The molecule has 3 aromatic carbocycles. The van der Waals surface area contributed by atoms with Crippen LogP contribution in [0.25, 0.3) is 10.8 Å². The molecule has 196 valence electrons. The van der Waals surface area contributed by atoms with Crippen LogP contribution in [0.15, 0.2) is 73.1 Å². The zero-order chi connectivity index (χ0) is 26.3. The van der Waals surface area contributed by atoms with Crippen LogP contribution in [-0.2, 0) is 19.5 Å². The minimum absolute atomic E-state index is 0.0319. The van der Waals surface area contributed by atoms with E-state index in [0.29, 0.717) is 29.1 Å². The number of aromatic nitrogens is 2. The molecule has 4 aromatic rings. The molecule has 0 amide bonds. The Bertz CT molecular complexity index is 1430. The highest BCUT2D eigenvalue weighted by Crippen LogP contribution is 2.26. The Morgan fingerprint density at radius 1 is 0.684 bits per heavy atom. The monoisotopic (exact) mass is 507 g/mol. The van der Waals surface area contributed by atoms with Crippen LogP contribution >= 0.6 is 0 Å². The lowest BCUT2D eigenvalue weighted by Gasteiger charge is -2.13. The number of nitrogens with zero attached hydrogens (tertiary/aromatic N) is 2. The Kier molecular flexibility index (Phi) is 8.47. The molecular formula is C34H39N2O2+. The van der Waals surface area contributed by atoms with E-state index in [1.807, 2.05) is 27.6 Å². The second-order valence-electron chi connectivity index (χ2n) is 10.7. The van der Waals surface area contributed by atoms with Gasteiger partial charge in [0.05, 0.1) is 13.1 Å². The van der Waals surface area contributed by atoms with Gasteiger partial charge in [-0.2, -0.15) is 0 Å². The summed E-state index contributed by atoms with van der Waals surface area (Å²) in [5.74, 6) is -0.0740. The van der Waals surface area contributed by atoms with Crippen LogP contribution in [0.1, 0.15) is 102 Å². The van der Waals surface area contributed by atoms with E-state index in [1.165, 1.54) is 61.3 Å². The predicted octanol–water partition coefficient (Wildman–Crippen LogP) is 7.48. The summed E-state index contributed by atoms with van der Waals surface area (Å²) in [7, 11) is 0. The largest absolute Gasteiger partial charge is 0.284 e. The fraction of sp³-hybridized carbons (Fsp3) is 0.382. The first kappa shape index (κ1) is 26.1. The highest BCUT2D eigenvalue weighted by Gasteiger charge is 2.40. The van der Waals surface area contributed by atoms with Gasteiger partial charge in [0, 0.05) is 17.5 Å². The van der Waals surface area contributed by atoms with E-state index in [9.17, 15) is 9.59 Å². The molecule has 0 saturated heterocycles. The number of hydrogen-bond acceptors (Lipinski definition) is 2. The lowest BCUT2D eigenvalue weighted by molar-refractivity contribution is -0.698. The van der Waals surface area contributed by atoms with E-state index in [4.69, 9.17) is 0 Å². The summed E-state index contributed by atoms with van der Waals surface area (Å²) in [5, 5.41) is 2.45. The number of rotatable bonds is 13. The van der Waals surface area contributed by atoms with Gasteiger partial charge in [0.1, 0.15) is 0 Å². The van der Waals surface area contributed by atoms with Crippen LogP contribution in [-0.4, -0.2) is 16.1 Å². The first-order valence-corrected chi connectivity index (χ1v) is 14.5. The zero-order valence-corrected chi connectivity index (χ0v) is 22.6. The molecule has 1 aliphatic carbocycles. The summed E-state index contributed by atoms with van der Waals surface area (Å²) in [6.07, 6.45) is 14.1. The van der Waals surface area contributed by atoms with Crippen LogP contribution in [0.4, 0.5) is 0 Å². The molecule has 0 radical (unpaired) electrons. The molecular weight excluding hydrogens is 468 g/mol. The van der Waals surface area contributed by atoms with Gasteiger partial charge in [-0.05, 0) is 29.2 Å². The van der Waals surface area contributed by atoms with E-state index in [0.717, 1.165) is 25.8 Å². The summed E-state index contributed by atoms with van der Waals surface area (Å²) >= 11 is 0. The van der Waals surface area contributed by atoms with E-state index in [-0.39, 0.29) is 11.6 Å². The summed E-state index contributed by atoms with van der Waals surface area (Å²) in [6, 6.07) is 22.2. The Hall–Kier alpha value is -3.53. The van der Waals surface area contributed by atoms with Crippen molar-refractivity contribution in [2.24, 2.45) is 0 Å². The second kappa shape index (κ2) is 12.3. The fourth-order valence-corrected chi connectivity index (χ4v) is 5.74. The third-order valence-electron chi connectivity index (χ3n) is 7.88. The van der Waals surface area contributed by atoms with Crippen molar-refractivity contribution >= 4 is 22.3 Å². The lowest BCUT2D eigenvalue weighted by Crippen LogP contribution is -2.40. The summed E-state index contributed by atoms with van der Waals surface area (Å²) in [6.45, 7) is 3.68. The molecule has 0 atom stereocenters. The van der Waals surface area contributed by atoms with Gasteiger partial charge >= 0.3 is 0 Å². The Labute approximate surface area is 226 Å². The Morgan fingerprint density at radius 3 is 2.05 bits per heavy atom. The highest BCUT2D eigenvalue weighted by atomic mass is 16.1.